The quantitative estimate of drug-likeness (QED) is 0.433. The Kier molecular flexibility index (Phi) is 6.11. The summed E-state index contributed by atoms with van der Waals surface area (Å²) in [6, 6.07) is 5.78. The Hall–Kier alpha value is -3.57. The minimum atomic E-state index is -1.40. The van der Waals surface area contributed by atoms with Crippen molar-refractivity contribution in [3.63, 3.8) is 0 Å². The molecule has 1 spiro atoms. The average Bonchev–Trinajstić information content (AvgIpc) is 3.43. The summed E-state index contributed by atoms with van der Waals surface area (Å²) < 4.78 is 13.8. The molecule has 39 heavy (non-hydrogen) atoms. The molecule has 0 bridgehead atoms. The Labute approximate surface area is 226 Å². The van der Waals surface area contributed by atoms with Crippen molar-refractivity contribution in [3.8, 4) is 0 Å². The van der Waals surface area contributed by atoms with E-state index in [1.54, 1.807) is 34.7 Å². The highest BCUT2D eigenvalue weighted by Gasteiger charge is 2.75. The molecule has 11 nitrogen and oxygen atoms in total. The van der Waals surface area contributed by atoms with Gasteiger partial charge in [-0.25, -0.2) is 4.68 Å². The van der Waals surface area contributed by atoms with Gasteiger partial charge in [-0.05, 0) is 37.5 Å². The molecule has 206 valence electrons. The van der Waals surface area contributed by atoms with Crippen molar-refractivity contribution in [1.29, 1.82) is 0 Å². The molecule has 2 saturated heterocycles. The zero-order valence-corrected chi connectivity index (χ0v) is 22.3. The van der Waals surface area contributed by atoms with E-state index in [0.717, 1.165) is 5.52 Å². The number of aliphatic hydroxyl groups excluding tert-OH is 1. The predicted molar refractivity (Wildman–Crippen MR) is 139 cm³/mol. The minimum absolute atomic E-state index is 0.0936. The zero-order valence-electron chi connectivity index (χ0n) is 22.3. The third-order valence-corrected chi connectivity index (χ3v) is 8.41. The molecule has 6 rings (SSSR count). The number of carbonyl (C=O) groups is 3. The smallest absolute Gasteiger partial charge is 0.313 e. The maximum atomic E-state index is 14.5. The predicted octanol–water partition coefficient (Wildman–Crippen LogP) is 1.28. The van der Waals surface area contributed by atoms with E-state index in [1.807, 2.05) is 44.2 Å². The van der Waals surface area contributed by atoms with Gasteiger partial charge in [0.15, 0.2) is 0 Å². The van der Waals surface area contributed by atoms with E-state index in [9.17, 15) is 19.5 Å². The molecule has 5 heterocycles. The number of rotatable bonds is 6. The van der Waals surface area contributed by atoms with Gasteiger partial charge < -0.3 is 24.4 Å². The minimum Gasteiger partial charge on any atom is -0.461 e. The fourth-order valence-corrected chi connectivity index (χ4v) is 6.87. The number of para-hydroxylation sites is 1. The van der Waals surface area contributed by atoms with Gasteiger partial charge in [-0.1, -0.05) is 49.4 Å². The van der Waals surface area contributed by atoms with Crippen molar-refractivity contribution in [1.82, 2.24) is 24.8 Å². The first-order valence-corrected chi connectivity index (χ1v) is 13.4. The van der Waals surface area contributed by atoms with Crippen LogP contribution < -0.4 is 0 Å². The Bertz CT molecular complexity index is 1390. The number of cyclic esters (lactones) is 1. The lowest BCUT2D eigenvalue weighted by Gasteiger charge is -2.40. The molecule has 11 heteroatoms. The molecule has 0 aliphatic carbocycles. The van der Waals surface area contributed by atoms with Crippen molar-refractivity contribution in [2.24, 2.45) is 17.8 Å². The second-order valence-corrected chi connectivity index (χ2v) is 11.4. The number of amides is 2. The first-order valence-electron chi connectivity index (χ1n) is 13.4. The van der Waals surface area contributed by atoms with E-state index >= 15 is 0 Å². The zero-order chi connectivity index (χ0) is 27.5. The maximum Gasteiger partial charge on any atom is 0.313 e. The molecular formula is C28H33N5O6. The van der Waals surface area contributed by atoms with Crippen LogP contribution in [0.5, 0.6) is 0 Å². The molecule has 4 aliphatic heterocycles. The molecule has 1 aromatic carbocycles. The van der Waals surface area contributed by atoms with Crippen LogP contribution in [0.1, 0.15) is 27.2 Å². The summed E-state index contributed by atoms with van der Waals surface area (Å²) in [5.41, 5.74) is -1.05. The van der Waals surface area contributed by atoms with Gasteiger partial charge in [-0.3, -0.25) is 14.4 Å². The van der Waals surface area contributed by atoms with Gasteiger partial charge in [0.25, 0.3) is 5.91 Å². The SMILES string of the molecule is CC(C)C[C@H](CO)N1C(=O)[C@@H]2[C@@H]3C(=O)OCC=C[C@]3(C)O[C@@]23C=CCN(Cn2nnc4ccccc42)C(=O)C13. The van der Waals surface area contributed by atoms with Crippen LogP contribution in [0.4, 0.5) is 0 Å². The van der Waals surface area contributed by atoms with Crippen LogP contribution in [0, 0.1) is 17.8 Å². The van der Waals surface area contributed by atoms with Crippen molar-refractivity contribution in [2.45, 2.75) is 57.1 Å². The van der Waals surface area contributed by atoms with Gasteiger partial charge >= 0.3 is 5.97 Å². The number of hydrogen-bond donors (Lipinski definition) is 1. The number of fused-ring (bicyclic) bond motifs is 3. The average molecular weight is 536 g/mol. The maximum absolute atomic E-state index is 14.5. The highest BCUT2D eigenvalue weighted by Crippen LogP contribution is 2.57. The molecule has 1 N–H and O–H groups in total. The molecular weight excluding hydrogens is 502 g/mol. The van der Waals surface area contributed by atoms with E-state index in [-0.39, 0.29) is 44.2 Å². The van der Waals surface area contributed by atoms with Crippen LogP contribution in [0.15, 0.2) is 48.6 Å². The summed E-state index contributed by atoms with van der Waals surface area (Å²) in [4.78, 5) is 45.1. The fraction of sp³-hybridized carbons (Fsp3) is 0.536. The number of nitrogens with zero attached hydrogens (tertiary/aromatic N) is 5. The normalized spacial score (nSPS) is 32.7. The van der Waals surface area contributed by atoms with E-state index in [1.165, 1.54) is 4.90 Å². The van der Waals surface area contributed by atoms with Gasteiger partial charge in [-0.15, -0.1) is 5.10 Å². The van der Waals surface area contributed by atoms with Crippen molar-refractivity contribution < 1.29 is 29.0 Å². The highest BCUT2D eigenvalue weighted by molar-refractivity contribution is 5.99. The summed E-state index contributed by atoms with van der Waals surface area (Å²) in [5.74, 6) is -3.01. The molecule has 1 aromatic heterocycles. The molecule has 0 saturated carbocycles. The lowest BCUT2D eigenvalue weighted by Crippen LogP contribution is -2.59. The Morgan fingerprint density at radius 2 is 1.90 bits per heavy atom. The van der Waals surface area contributed by atoms with Gasteiger partial charge in [-0.2, -0.15) is 0 Å². The number of ether oxygens (including phenoxy) is 2. The Balaban J connectivity index is 1.45. The summed E-state index contributed by atoms with van der Waals surface area (Å²) in [7, 11) is 0. The Morgan fingerprint density at radius 1 is 1.10 bits per heavy atom. The lowest BCUT2D eigenvalue weighted by atomic mass is 9.75. The van der Waals surface area contributed by atoms with Crippen molar-refractivity contribution >= 4 is 28.8 Å². The second kappa shape index (κ2) is 9.27. The number of likely N-dealkylation sites (tertiary alicyclic amines) is 1. The van der Waals surface area contributed by atoms with Gasteiger partial charge in [0.05, 0.1) is 29.7 Å². The van der Waals surface area contributed by atoms with E-state index < -0.39 is 41.1 Å². The van der Waals surface area contributed by atoms with Crippen LogP contribution >= 0.6 is 0 Å². The molecule has 0 radical (unpaired) electrons. The first kappa shape index (κ1) is 25.7. The van der Waals surface area contributed by atoms with E-state index in [4.69, 9.17) is 9.47 Å². The van der Waals surface area contributed by atoms with Gasteiger partial charge in [0, 0.05) is 6.54 Å². The van der Waals surface area contributed by atoms with Crippen LogP contribution in [-0.2, 0) is 30.5 Å². The Morgan fingerprint density at radius 3 is 2.67 bits per heavy atom. The summed E-state index contributed by atoms with van der Waals surface area (Å²) in [5, 5.41) is 18.9. The number of benzene rings is 1. The molecule has 2 amide bonds. The van der Waals surface area contributed by atoms with Crippen molar-refractivity contribution in [2.75, 3.05) is 19.8 Å². The topological polar surface area (TPSA) is 127 Å². The summed E-state index contributed by atoms with van der Waals surface area (Å²) in [6.07, 6.45) is 7.57. The lowest BCUT2D eigenvalue weighted by molar-refractivity contribution is -0.160. The third kappa shape index (κ3) is 3.81. The standard InChI is InChI=1S/C28H33N5O6/c1-17(2)14-18(15-34)33-23-25(36)31(16-32-20-9-5-4-8-19(20)29-30-32)12-6-11-28(23)21(24(33)35)22-26(37)38-13-7-10-27(22,3)39-28/h4-11,17-18,21-23,34H,12-16H2,1-3H3/t18-,21+,22-,23?,27+,28+/m1/s1. The molecule has 2 fully saturated rings. The largest absolute Gasteiger partial charge is 0.461 e. The number of carbonyl (C=O) groups excluding carboxylic acids is 3. The van der Waals surface area contributed by atoms with Gasteiger partial charge in [0.1, 0.15) is 36.4 Å². The number of esters is 1. The monoisotopic (exact) mass is 535 g/mol. The fourth-order valence-electron chi connectivity index (χ4n) is 6.87. The number of aliphatic hydroxyl groups is 1. The van der Waals surface area contributed by atoms with Crippen LogP contribution in [0.2, 0.25) is 0 Å². The van der Waals surface area contributed by atoms with Gasteiger partial charge in [0.2, 0.25) is 5.91 Å². The molecule has 2 aromatic rings. The second-order valence-electron chi connectivity index (χ2n) is 11.4. The molecule has 6 atom stereocenters. The van der Waals surface area contributed by atoms with Crippen LogP contribution in [-0.4, -0.2) is 90.7 Å². The number of aromatic nitrogens is 3. The third-order valence-electron chi connectivity index (χ3n) is 8.41. The van der Waals surface area contributed by atoms with Crippen LogP contribution in [0.25, 0.3) is 11.0 Å². The summed E-state index contributed by atoms with van der Waals surface area (Å²) in [6.45, 7) is 5.90. The van der Waals surface area contributed by atoms with Crippen LogP contribution in [0.3, 0.4) is 0 Å². The first-order chi connectivity index (χ1) is 18.7. The van der Waals surface area contributed by atoms with E-state index in [0.29, 0.717) is 11.9 Å². The number of hydrogen-bond acceptors (Lipinski definition) is 8. The highest BCUT2D eigenvalue weighted by atomic mass is 16.6. The molecule has 4 aliphatic rings. The molecule has 1 unspecified atom stereocenters. The van der Waals surface area contributed by atoms with Crippen molar-refractivity contribution in [3.05, 3.63) is 48.6 Å². The summed E-state index contributed by atoms with van der Waals surface area (Å²) >= 11 is 0. The van der Waals surface area contributed by atoms with E-state index in [2.05, 4.69) is 10.3 Å².